The van der Waals surface area contributed by atoms with Gasteiger partial charge in [0.1, 0.15) is 0 Å². The summed E-state index contributed by atoms with van der Waals surface area (Å²) in [5.74, 6) is 0.817. The Hall–Kier alpha value is -0.880. The predicted molar refractivity (Wildman–Crippen MR) is 56.3 cm³/mol. The van der Waals surface area contributed by atoms with E-state index < -0.39 is 0 Å². The Kier molecular flexibility index (Phi) is 2.56. The second kappa shape index (κ2) is 3.70. The van der Waals surface area contributed by atoms with E-state index in [1.807, 2.05) is 0 Å². The third-order valence-electron chi connectivity index (χ3n) is 2.66. The van der Waals surface area contributed by atoms with Crippen molar-refractivity contribution >= 4 is 22.6 Å². The van der Waals surface area contributed by atoms with Crippen molar-refractivity contribution in [2.24, 2.45) is 5.92 Å². The minimum atomic E-state index is 0.303. The Morgan fingerprint density at radius 3 is 2.86 bits per heavy atom. The summed E-state index contributed by atoms with van der Waals surface area (Å²) in [7, 11) is 0. The highest BCUT2D eigenvalue weighted by Crippen LogP contribution is 2.24. The number of nitrogens with one attached hydrogen (secondary N) is 1. The van der Waals surface area contributed by atoms with E-state index in [1.54, 1.807) is 0 Å². The number of aromatic nitrogens is 2. The molecule has 0 aromatic carbocycles. The molecule has 0 aliphatic carbocycles. The molecular weight excluding hydrogens is 200 g/mol. The number of nitrogens with zero attached hydrogens (tertiary/aromatic N) is 2. The molecule has 1 fully saturated rings. The van der Waals surface area contributed by atoms with Crippen LogP contribution in [-0.2, 0) is 4.74 Å². The zero-order valence-electron chi connectivity index (χ0n) is 8.23. The van der Waals surface area contributed by atoms with E-state index in [0.29, 0.717) is 24.0 Å². The van der Waals surface area contributed by atoms with Gasteiger partial charge in [0.25, 0.3) is 0 Å². The monoisotopic (exact) mass is 214 g/mol. The lowest BCUT2D eigenvalue weighted by molar-refractivity contribution is 0.109. The summed E-state index contributed by atoms with van der Waals surface area (Å²) in [5.41, 5.74) is 5.43. The van der Waals surface area contributed by atoms with E-state index in [1.165, 1.54) is 11.5 Å². The highest BCUT2D eigenvalue weighted by molar-refractivity contribution is 7.09. The molecule has 1 aliphatic heterocycles. The molecule has 2 rings (SSSR count). The fraction of sp³-hybridized carbons (Fsp3) is 0.750. The molecule has 1 aromatic heterocycles. The van der Waals surface area contributed by atoms with Crippen molar-refractivity contribution in [3.63, 3.8) is 0 Å². The Bertz CT molecular complexity index is 316. The van der Waals surface area contributed by atoms with Crippen LogP contribution in [-0.4, -0.2) is 28.1 Å². The van der Waals surface area contributed by atoms with Crippen LogP contribution in [0.2, 0.25) is 0 Å². The molecule has 0 spiro atoms. The van der Waals surface area contributed by atoms with Gasteiger partial charge in [-0.25, -0.2) is 0 Å². The summed E-state index contributed by atoms with van der Waals surface area (Å²) >= 11 is 1.29. The largest absolute Gasteiger partial charge is 0.376 e. The van der Waals surface area contributed by atoms with E-state index in [0.717, 1.165) is 11.7 Å². The quantitative estimate of drug-likeness (QED) is 0.767. The van der Waals surface area contributed by atoms with Crippen molar-refractivity contribution in [3.05, 3.63) is 0 Å². The van der Waals surface area contributed by atoms with E-state index >= 15 is 0 Å². The van der Waals surface area contributed by atoms with Crippen molar-refractivity contribution in [1.29, 1.82) is 0 Å². The van der Waals surface area contributed by atoms with E-state index in [4.69, 9.17) is 10.5 Å². The standard InChI is InChI=1S/C8H14N4OS/c1-4-5(2)13-3-6(4)10-8-11-7(9)12-14-8/h4-6H,3H2,1-2H3,(H3,9,10,11,12). The van der Waals surface area contributed by atoms with Crippen LogP contribution in [0.1, 0.15) is 13.8 Å². The maximum absolute atomic E-state index is 5.52. The molecule has 0 saturated carbocycles. The van der Waals surface area contributed by atoms with Gasteiger partial charge in [0, 0.05) is 17.5 Å². The molecule has 1 saturated heterocycles. The molecule has 6 heteroatoms. The van der Waals surface area contributed by atoms with Gasteiger partial charge < -0.3 is 15.8 Å². The van der Waals surface area contributed by atoms with Crippen molar-refractivity contribution in [1.82, 2.24) is 9.36 Å². The highest BCUT2D eigenvalue weighted by atomic mass is 32.1. The van der Waals surface area contributed by atoms with E-state index in [9.17, 15) is 0 Å². The van der Waals surface area contributed by atoms with Gasteiger partial charge in [-0.1, -0.05) is 6.92 Å². The number of anilines is 2. The maximum Gasteiger partial charge on any atom is 0.233 e. The predicted octanol–water partition coefficient (Wildman–Crippen LogP) is 0.956. The highest BCUT2D eigenvalue weighted by Gasteiger charge is 2.31. The number of hydrogen-bond acceptors (Lipinski definition) is 6. The first-order chi connectivity index (χ1) is 6.66. The number of nitrogens with two attached hydrogens (primary N) is 1. The minimum Gasteiger partial charge on any atom is -0.376 e. The van der Waals surface area contributed by atoms with Gasteiger partial charge in [-0.05, 0) is 6.92 Å². The summed E-state index contributed by atoms with van der Waals surface area (Å²) in [6.07, 6.45) is 0.303. The van der Waals surface area contributed by atoms with Crippen LogP contribution in [0.5, 0.6) is 0 Å². The van der Waals surface area contributed by atoms with Crippen molar-refractivity contribution in [3.8, 4) is 0 Å². The molecule has 14 heavy (non-hydrogen) atoms. The van der Waals surface area contributed by atoms with Gasteiger partial charge in [-0.2, -0.15) is 9.36 Å². The fourth-order valence-corrected chi connectivity index (χ4v) is 2.07. The molecule has 3 atom stereocenters. The van der Waals surface area contributed by atoms with E-state index in [-0.39, 0.29) is 0 Å². The first-order valence-corrected chi connectivity index (χ1v) is 5.41. The van der Waals surface area contributed by atoms with Crippen LogP contribution >= 0.6 is 11.5 Å². The van der Waals surface area contributed by atoms with Crippen molar-refractivity contribution in [2.45, 2.75) is 26.0 Å². The van der Waals surface area contributed by atoms with Gasteiger partial charge in [0.05, 0.1) is 18.8 Å². The second-order valence-corrected chi connectivity index (χ2v) is 4.36. The van der Waals surface area contributed by atoms with Crippen LogP contribution in [0, 0.1) is 5.92 Å². The Morgan fingerprint density at radius 2 is 2.36 bits per heavy atom. The second-order valence-electron chi connectivity index (χ2n) is 3.61. The average molecular weight is 214 g/mol. The Labute approximate surface area is 86.8 Å². The molecule has 3 unspecified atom stereocenters. The first-order valence-electron chi connectivity index (χ1n) is 4.64. The molecule has 0 radical (unpaired) electrons. The SMILES string of the molecule is CC1OCC(Nc2nc(N)ns2)C1C. The first kappa shape index (κ1) is 9.67. The summed E-state index contributed by atoms with van der Waals surface area (Å²) < 4.78 is 9.43. The zero-order valence-corrected chi connectivity index (χ0v) is 9.04. The molecule has 5 nitrogen and oxygen atoms in total. The normalized spacial score (nSPS) is 32.0. The smallest absolute Gasteiger partial charge is 0.233 e. The molecule has 0 bridgehead atoms. The lowest BCUT2D eigenvalue weighted by Gasteiger charge is -2.15. The van der Waals surface area contributed by atoms with Crippen LogP contribution in [0.25, 0.3) is 0 Å². The lowest BCUT2D eigenvalue weighted by atomic mass is 10.0. The third kappa shape index (κ3) is 1.80. The van der Waals surface area contributed by atoms with Crippen LogP contribution < -0.4 is 11.1 Å². The molecular formula is C8H14N4OS. The molecule has 3 N–H and O–H groups in total. The summed E-state index contributed by atoms with van der Waals surface area (Å²) in [4.78, 5) is 4.05. The zero-order chi connectivity index (χ0) is 10.1. The van der Waals surface area contributed by atoms with Gasteiger partial charge in [-0.3, -0.25) is 0 Å². The molecule has 0 amide bonds. The molecule has 2 heterocycles. The summed E-state index contributed by atoms with van der Waals surface area (Å²) in [6, 6.07) is 0.317. The lowest BCUT2D eigenvalue weighted by Crippen LogP contribution is -2.27. The maximum atomic E-state index is 5.52. The Balaban J connectivity index is 1.98. The van der Waals surface area contributed by atoms with Crippen LogP contribution in [0.3, 0.4) is 0 Å². The number of rotatable bonds is 2. The van der Waals surface area contributed by atoms with Gasteiger partial charge in [0.15, 0.2) is 0 Å². The minimum absolute atomic E-state index is 0.303. The third-order valence-corrected chi connectivity index (χ3v) is 3.32. The summed E-state index contributed by atoms with van der Waals surface area (Å²) in [6.45, 7) is 4.97. The number of hydrogen-bond donors (Lipinski definition) is 2. The molecule has 1 aliphatic rings. The average Bonchev–Trinajstić information content (AvgIpc) is 2.67. The van der Waals surface area contributed by atoms with E-state index in [2.05, 4.69) is 28.5 Å². The topological polar surface area (TPSA) is 73.1 Å². The van der Waals surface area contributed by atoms with Gasteiger partial charge >= 0.3 is 0 Å². The molecule has 1 aromatic rings. The Morgan fingerprint density at radius 1 is 1.57 bits per heavy atom. The molecule has 78 valence electrons. The summed E-state index contributed by atoms with van der Waals surface area (Å²) in [5, 5.41) is 4.06. The van der Waals surface area contributed by atoms with Gasteiger partial charge in [0.2, 0.25) is 11.1 Å². The van der Waals surface area contributed by atoms with Crippen molar-refractivity contribution < 1.29 is 4.74 Å². The van der Waals surface area contributed by atoms with Crippen molar-refractivity contribution in [2.75, 3.05) is 17.7 Å². The number of nitrogen functional groups attached to an aromatic ring is 1. The van der Waals surface area contributed by atoms with Crippen LogP contribution in [0.4, 0.5) is 11.1 Å². The fourth-order valence-electron chi connectivity index (χ4n) is 1.51. The van der Waals surface area contributed by atoms with Gasteiger partial charge in [-0.15, -0.1) is 0 Å². The number of ether oxygens (including phenoxy) is 1. The van der Waals surface area contributed by atoms with Crippen LogP contribution in [0.15, 0.2) is 0 Å².